The zero-order valence-corrected chi connectivity index (χ0v) is 11.9. The predicted octanol–water partition coefficient (Wildman–Crippen LogP) is 3.51. The van der Waals surface area contributed by atoms with Crippen LogP contribution in [0.5, 0.6) is 0 Å². The van der Waals surface area contributed by atoms with Crippen LogP contribution in [-0.2, 0) is 4.79 Å². The van der Waals surface area contributed by atoms with E-state index in [1.807, 2.05) is 7.05 Å². The van der Waals surface area contributed by atoms with Crippen LogP contribution in [-0.4, -0.2) is 19.4 Å². The summed E-state index contributed by atoms with van der Waals surface area (Å²) in [5, 5.41) is 0. The second-order valence-corrected chi connectivity index (χ2v) is 5.95. The molecule has 0 saturated heterocycles. The molecular formula is C16H22FNO. The Labute approximate surface area is 114 Å². The van der Waals surface area contributed by atoms with Gasteiger partial charge in [-0.3, -0.25) is 4.79 Å². The van der Waals surface area contributed by atoms with Gasteiger partial charge in [-0.15, -0.1) is 0 Å². The Morgan fingerprint density at radius 3 is 2.47 bits per heavy atom. The largest absolute Gasteiger partial charge is 0.374 e. The molecule has 0 N–H and O–H groups in total. The van der Waals surface area contributed by atoms with Crippen molar-refractivity contribution in [3.8, 4) is 0 Å². The molecule has 0 aliphatic heterocycles. The average molecular weight is 263 g/mol. The number of nitrogens with zero attached hydrogens (tertiary/aromatic N) is 1. The first-order valence-electron chi connectivity index (χ1n) is 6.96. The Balaban J connectivity index is 2.03. The van der Waals surface area contributed by atoms with Crippen molar-refractivity contribution in [3.63, 3.8) is 0 Å². The summed E-state index contributed by atoms with van der Waals surface area (Å²) in [7, 11) is 1.96. The van der Waals surface area contributed by atoms with Crippen molar-refractivity contribution in [1.82, 2.24) is 0 Å². The number of Topliss-reactive ketones (excluding diaryl/α,β-unsaturated/α-hetero) is 1. The van der Waals surface area contributed by atoms with Crippen LogP contribution in [0.15, 0.2) is 24.3 Å². The lowest BCUT2D eigenvalue weighted by atomic mass is 9.74. The van der Waals surface area contributed by atoms with Crippen molar-refractivity contribution in [2.24, 2.45) is 17.8 Å². The minimum absolute atomic E-state index is 0.103. The normalized spacial score (nSPS) is 27.4. The van der Waals surface area contributed by atoms with E-state index in [9.17, 15) is 9.18 Å². The van der Waals surface area contributed by atoms with Gasteiger partial charge in [0.15, 0.2) is 0 Å². The van der Waals surface area contributed by atoms with Crippen molar-refractivity contribution in [1.29, 1.82) is 0 Å². The lowest BCUT2D eigenvalue weighted by Gasteiger charge is -2.34. The lowest BCUT2D eigenvalue weighted by Crippen LogP contribution is -2.38. The predicted molar refractivity (Wildman–Crippen MR) is 75.7 cm³/mol. The van der Waals surface area contributed by atoms with Gasteiger partial charge in [0.25, 0.3) is 0 Å². The molecule has 2 rings (SSSR count). The van der Waals surface area contributed by atoms with Crippen LogP contribution in [0.25, 0.3) is 0 Å². The second-order valence-electron chi connectivity index (χ2n) is 5.95. The molecule has 3 atom stereocenters. The van der Waals surface area contributed by atoms with Crippen molar-refractivity contribution < 1.29 is 9.18 Å². The maximum atomic E-state index is 12.9. The van der Waals surface area contributed by atoms with E-state index in [1.54, 1.807) is 12.1 Å². The van der Waals surface area contributed by atoms with E-state index in [-0.39, 0.29) is 11.7 Å². The molecule has 0 radical (unpaired) electrons. The summed E-state index contributed by atoms with van der Waals surface area (Å²) in [6.07, 6.45) is 1.82. The standard InChI is InChI=1S/C16H22FNO/c1-11-8-12(2)15(16(19)9-11)10-18(3)14-6-4-13(17)5-7-14/h4-7,11-12,15H,8-10H2,1-3H3. The zero-order valence-electron chi connectivity index (χ0n) is 11.9. The number of hydrogen-bond acceptors (Lipinski definition) is 2. The summed E-state index contributed by atoms with van der Waals surface area (Å²) in [6, 6.07) is 6.44. The Bertz CT molecular complexity index is 443. The van der Waals surface area contributed by atoms with Gasteiger partial charge in [-0.2, -0.15) is 0 Å². The van der Waals surface area contributed by atoms with Gasteiger partial charge in [0.05, 0.1) is 0 Å². The quantitative estimate of drug-likeness (QED) is 0.831. The van der Waals surface area contributed by atoms with Gasteiger partial charge in [-0.1, -0.05) is 13.8 Å². The minimum Gasteiger partial charge on any atom is -0.374 e. The van der Waals surface area contributed by atoms with E-state index in [0.717, 1.165) is 18.7 Å². The van der Waals surface area contributed by atoms with Gasteiger partial charge in [0.2, 0.25) is 0 Å². The molecule has 2 nitrogen and oxygen atoms in total. The van der Waals surface area contributed by atoms with E-state index in [4.69, 9.17) is 0 Å². The first kappa shape index (κ1) is 14.0. The molecule has 19 heavy (non-hydrogen) atoms. The lowest BCUT2D eigenvalue weighted by molar-refractivity contribution is -0.127. The molecule has 0 spiro atoms. The highest BCUT2D eigenvalue weighted by atomic mass is 19.1. The Morgan fingerprint density at radius 1 is 1.26 bits per heavy atom. The van der Waals surface area contributed by atoms with Crippen LogP contribution in [0.1, 0.15) is 26.7 Å². The number of ketones is 1. The molecule has 1 aromatic carbocycles. The van der Waals surface area contributed by atoms with Crippen molar-refractivity contribution in [2.75, 3.05) is 18.5 Å². The van der Waals surface area contributed by atoms with Gasteiger partial charge in [-0.25, -0.2) is 4.39 Å². The zero-order chi connectivity index (χ0) is 14.0. The van der Waals surface area contributed by atoms with Gasteiger partial charge in [0.1, 0.15) is 11.6 Å². The number of benzene rings is 1. The fourth-order valence-corrected chi connectivity index (χ4v) is 3.07. The highest BCUT2D eigenvalue weighted by molar-refractivity contribution is 5.83. The number of anilines is 1. The van der Waals surface area contributed by atoms with E-state index in [0.29, 0.717) is 24.0 Å². The van der Waals surface area contributed by atoms with Gasteiger partial charge >= 0.3 is 0 Å². The summed E-state index contributed by atoms with van der Waals surface area (Å²) in [4.78, 5) is 14.2. The Kier molecular flexibility index (Phi) is 4.23. The molecule has 0 amide bonds. The van der Waals surface area contributed by atoms with Crippen LogP contribution in [0.4, 0.5) is 10.1 Å². The van der Waals surface area contributed by atoms with Crippen molar-refractivity contribution >= 4 is 11.5 Å². The number of rotatable bonds is 3. The third kappa shape index (κ3) is 3.34. The third-order valence-electron chi connectivity index (χ3n) is 4.16. The summed E-state index contributed by atoms with van der Waals surface area (Å²) in [5.74, 6) is 1.19. The Morgan fingerprint density at radius 2 is 1.89 bits per heavy atom. The monoisotopic (exact) mass is 263 g/mol. The first-order chi connectivity index (χ1) is 8.97. The SMILES string of the molecule is CC1CC(=O)C(CN(C)c2ccc(F)cc2)C(C)C1. The van der Waals surface area contributed by atoms with Crippen molar-refractivity contribution in [2.45, 2.75) is 26.7 Å². The van der Waals surface area contributed by atoms with Crippen LogP contribution < -0.4 is 4.90 Å². The number of carbonyl (C=O) groups excluding carboxylic acids is 1. The Hall–Kier alpha value is -1.38. The second kappa shape index (κ2) is 5.72. The third-order valence-corrected chi connectivity index (χ3v) is 4.16. The molecule has 0 heterocycles. The number of carbonyl (C=O) groups is 1. The fraction of sp³-hybridized carbons (Fsp3) is 0.562. The number of hydrogen-bond donors (Lipinski definition) is 0. The summed E-state index contributed by atoms with van der Waals surface area (Å²) in [5.41, 5.74) is 0.958. The molecule has 104 valence electrons. The molecule has 1 fully saturated rings. The molecule has 3 heteroatoms. The average Bonchev–Trinajstić information content (AvgIpc) is 2.34. The van der Waals surface area contributed by atoms with Crippen LogP contribution >= 0.6 is 0 Å². The van der Waals surface area contributed by atoms with E-state index >= 15 is 0 Å². The molecule has 1 aromatic rings. The molecule has 1 saturated carbocycles. The van der Waals surface area contributed by atoms with Crippen LogP contribution in [0.3, 0.4) is 0 Å². The van der Waals surface area contributed by atoms with Gasteiger partial charge in [0, 0.05) is 31.6 Å². The highest BCUT2D eigenvalue weighted by Crippen LogP contribution is 2.32. The summed E-state index contributed by atoms with van der Waals surface area (Å²) in [6.45, 7) is 5.03. The van der Waals surface area contributed by atoms with E-state index < -0.39 is 0 Å². The minimum atomic E-state index is -0.229. The number of halogens is 1. The topological polar surface area (TPSA) is 20.3 Å². The summed E-state index contributed by atoms with van der Waals surface area (Å²) < 4.78 is 12.9. The van der Waals surface area contributed by atoms with Crippen LogP contribution in [0, 0.1) is 23.6 Å². The first-order valence-corrected chi connectivity index (χ1v) is 6.96. The van der Waals surface area contributed by atoms with E-state index in [1.165, 1.54) is 12.1 Å². The van der Waals surface area contributed by atoms with Crippen molar-refractivity contribution in [3.05, 3.63) is 30.1 Å². The van der Waals surface area contributed by atoms with Gasteiger partial charge in [-0.05, 0) is 42.5 Å². The molecule has 0 bridgehead atoms. The molecule has 1 aliphatic rings. The highest BCUT2D eigenvalue weighted by Gasteiger charge is 2.32. The van der Waals surface area contributed by atoms with Crippen LogP contribution in [0.2, 0.25) is 0 Å². The maximum absolute atomic E-state index is 12.9. The molecular weight excluding hydrogens is 241 g/mol. The maximum Gasteiger partial charge on any atom is 0.138 e. The summed E-state index contributed by atoms with van der Waals surface area (Å²) >= 11 is 0. The smallest absolute Gasteiger partial charge is 0.138 e. The van der Waals surface area contributed by atoms with E-state index in [2.05, 4.69) is 18.7 Å². The van der Waals surface area contributed by atoms with Gasteiger partial charge < -0.3 is 4.90 Å². The fourth-order valence-electron chi connectivity index (χ4n) is 3.07. The molecule has 1 aliphatic carbocycles. The molecule has 3 unspecified atom stereocenters. The molecule has 0 aromatic heterocycles.